The third-order valence-electron chi connectivity index (χ3n) is 9.85. The Morgan fingerprint density at radius 3 is 1.17 bits per heavy atom. The van der Waals surface area contributed by atoms with Gasteiger partial charge in [0.05, 0.1) is 102 Å². The SMILES string of the molecule is COCCOCCOCC(O)c1ccc(CN2C(=O)C3=C(c4ccccc4)N(Cc4ccc(C(O)COCCOCCOC)cc4)C(=O)C3=C2c2ccccc2)cc1. The monoisotopic (exact) mass is 792 g/mol. The first kappa shape index (κ1) is 42.6. The summed E-state index contributed by atoms with van der Waals surface area (Å²) in [4.78, 5) is 32.8. The second kappa shape index (κ2) is 21.7. The minimum absolute atomic E-state index is 0.116. The van der Waals surface area contributed by atoms with Crippen LogP contribution in [-0.4, -0.2) is 112 Å². The molecule has 4 aromatic carbocycles. The Morgan fingerprint density at radius 2 is 0.810 bits per heavy atom. The summed E-state index contributed by atoms with van der Waals surface area (Å²) >= 11 is 0. The molecule has 0 saturated heterocycles. The predicted molar refractivity (Wildman–Crippen MR) is 218 cm³/mol. The van der Waals surface area contributed by atoms with Crippen LogP contribution in [0.3, 0.4) is 0 Å². The molecule has 0 fully saturated rings. The average Bonchev–Trinajstić information content (AvgIpc) is 3.69. The van der Waals surface area contributed by atoms with Crippen molar-refractivity contribution < 1.29 is 48.2 Å². The number of hydrogen-bond donors (Lipinski definition) is 2. The number of carbonyl (C=O) groups is 2. The number of methoxy groups -OCH3 is 2. The molecule has 0 aliphatic carbocycles. The lowest BCUT2D eigenvalue weighted by atomic mass is 10.0. The van der Waals surface area contributed by atoms with E-state index in [4.69, 9.17) is 28.4 Å². The smallest absolute Gasteiger partial charge is 0.261 e. The number of carbonyl (C=O) groups excluding carboxylic acids is 2. The molecule has 12 heteroatoms. The molecule has 12 nitrogen and oxygen atoms in total. The molecule has 306 valence electrons. The molecule has 58 heavy (non-hydrogen) atoms. The normalized spacial score (nSPS) is 15.2. The zero-order chi connectivity index (χ0) is 40.7. The minimum atomic E-state index is -0.831. The van der Waals surface area contributed by atoms with Gasteiger partial charge in [-0.2, -0.15) is 0 Å². The number of aliphatic hydroxyl groups is 2. The van der Waals surface area contributed by atoms with Crippen LogP contribution in [0, 0.1) is 0 Å². The Morgan fingerprint density at radius 1 is 0.466 bits per heavy atom. The Balaban J connectivity index is 1.20. The summed E-state index contributed by atoms with van der Waals surface area (Å²) in [5.41, 5.74) is 6.36. The molecule has 0 spiro atoms. The largest absolute Gasteiger partial charge is 0.386 e. The van der Waals surface area contributed by atoms with Gasteiger partial charge >= 0.3 is 0 Å². The number of fused-ring (bicyclic) bond motifs is 1. The minimum Gasteiger partial charge on any atom is -0.386 e. The molecular weight excluding hydrogens is 741 g/mol. The van der Waals surface area contributed by atoms with E-state index in [-0.39, 0.29) is 38.1 Å². The fourth-order valence-electron chi connectivity index (χ4n) is 6.85. The van der Waals surface area contributed by atoms with Crippen LogP contribution in [0.5, 0.6) is 0 Å². The molecule has 2 aliphatic rings. The first-order valence-electron chi connectivity index (χ1n) is 19.5. The maximum Gasteiger partial charge on any atom is 0.261 e. The van der Waals surface area contributed by atoms with Crippen LogP contribution in [-0.2, 0) is 51.1 Å². The van der Waals surface area contributed by atoms with E-state index in [0.29, 0.717) is 86.5 Å². The van der Waals surface area contributed by atoms with Gasteiger partial charge in [0.1, 0.15) is 12.2 Å². The van der Waals surface area contributed by atoms with E-state index in [2.05, 4.69) is 0 Å². The van der Waals surface area contributed by atoms with Gasteiger partial charge in [0.25, 0.3) is 11.8 Å². The summed E-state index contributed by atoms with van der Waals surface area (Å²) in [6.45, 7) is 4.16. The van der Waals surface area contributed by atoms with Crippen molar-refractivity contribution in [2.75, 3.05) is 80.3 Å². The summed E-state index contributed by atoms with van der Waals surface area (Å²) in [5.74, 6) is -0.535. The van der Waals surface area contributed by atoms with Crippen LogP contribution >= 0.6 is 0 Å². The molecule has 6 rings (SSSR count). The summed E-state index contributed by atoms with van der Waals surface area (Å²) < 4.78 is 31.9. The highest BCUT2D eigenvalue weighted by molar-refractivity contribution is 6.30. The fraction of sp³-hybridized carbons (Fsp3) is 0.348. The summed E-state index contributed by atoms with van der Waals surface area (Å²) in [6, 6.07) is 33.9. The summed E-state index contributed by atoms with van der Waals surface area (Å²) in [6.07, 6.45) is -1.66. The van der Waals surface area contributed by atoms with E-state index in [0.717, 1.165) is 22.3 Å². The third kappa shape index (κ3) is 10.7. The van der Waals surface area contributed by atoms with Crippen molar-refractivity contribution in [3.05, 3.63) is 154 Å². The van der Waals surface area contributed by atoms with Crippen molar-refractivity contribution in [3.8, 4) is 0 Å². The first-order chi connectivity index (χ1) is 28.4. The molecule has 2 unspecified atom stereocenters. The molecule has 2 heterocycles. The van der Waals surface area contributed by atoms with Crippen molar-refractivity contribution in [1.82, 2.24) is 9.80 Å². The number of ether oxygens (including phenoxy) is 6. The van der Waals surface area contributed by atoms with E-state index < -0.39 is 12.2 Å². The molecule has 0 radical (unpaired) electrons. The van der Waals surface area contributed by atoms with Gasteiger partial charge in [-0.3, -0.25) is 9.59 Å². The zero-order valence-electron chi connectivity index (χ0n) is 33.1. The Labute approximate surface area is 339 Å². The van der Waals surface area contributed by atoms with Crippen LogP contribution in [0.1, 0.15) is 45.6 Å². The van der Waals surface area contributed by atoms with E-state index in [1.54, 1.807) is 24.0 Å². The second-order valence-electron chi connectivity index (χ2n) is 13.8. The van der Waals surface area contributed by atoms with Crippen molar-refractivity contribution in [2.24, 2.45) is 0 Å². The predicted octanol–water partition coefficient (Wildman–Crippen LogP) is 5.32. The number of hydrogen-bond acceptors (Lipinski definition) is 10. The van der Waals surface area contributed by atoms with Crippen molar-refractivity contribution in [1.29, 1.82) is 0 Å². The van der Waals surface area contributed by atoms with Crippen molar-refractivity contribution in [2.45, 2.75) is 25.3 Å². The number of aliphatic hydroxyl groups excluding tert-OH is 2. The highest BCUT2D eigenvalue weighted by Crippen LogP contribution is 2.47. The lowest BCUT2D eigenvalue weighted by Crippen LogP contribution is -2.29. The zero-order valence-corrected chi connectivity index (χ0v) is 33.1. The second-order valence-corrected chi connectivity index (χ2v) is 13.8. The topological polar surface area (TPSA) is 136 Å². The van der Waals surface area contributed by atoms with Gasteiger partial charge in [-0.05, 0) is 33.4 Å². The number of benzene rings is 4. The lowest BCUT2D eigenvalue weighted by Gasteiger charge is -2.26. The molecule has 2 amide bonds. The molecule has 0 bridgehead atoms. The number of rotatable bonds is 24. The number of amides is 2. The van der Waals surface area contributed by atoms with Crippen LogP contribution in [0.15, 0.2) is 120 Å². The quantitative estimate of drug-likeness (QED) is 0.0898. The maximum absolute atomic E-state index is 14.7. The molecule has 2 N–H and O–H groups in total. The fourth-order valence-corrected chi connectivity index (χ4v) is 6.85. The van der Waals surface area contributed by atoms with Gasteiger partial charge in [-0.1, -0.05) is 109 Å². The van der Waals surface area contributed by atoms with Gasteiger partial charge in [-0.15, -0.1) is 0 Å². The lowest BCUT2D eigenvalue weighted by molar-refractivity contribution is -0.124. The first-order valence-corrected chi connectivity index (χ1v) is 19.5. The molecule has 2 atom stereocenters. The summed E-state index contributed by atoms with van der Waals surface area (Å²) in [7, 11) is 3.23. The molecule has 0 aromatic heterocycles. The van der Waals surface area contributed by atoms with Crippen LogP contribution in [0.4, 0.5) is 0 Å². The van der Waals surface area contributed by atoms with Crippen molar-refractivity contribution >= 4 is 23.2 Å². The van der Waals surface area contributed by atoms with E-state index >= 15 is 0 Å². The maximum atomic E-state index is 14.7. The van der Waals surface area contributed by atoms with E-state index in [1.165, 1.54) is 0 Å². The Hall–Kier alpha value is -5.02. The summed E-state index contributed by atoms with van der Waals surface area (Å²) in [5, 5.41) is 21.5. The van der Waals surface area contributed by atoms with Gasteiger partial charge < -0.3 is 48.4 Å². The number of nitrogens with zero attached hydrogens (tertiary/aromatic N) is 2. The molecule has 2 aliphatic heterocycles. The Bertz CT molecular complexity index is 1840. The van der Waals surface area contributed by atoms with Crippen molar-refractivity contribution in [3.63, 3.8) is 0 Å². The third-order valence-corrected chi connectivity index (χ3v) is 9.85. The van der Waals surface area contributed by atoms with Gasteiger partial charge in [0.2, 0.25) is 0 Å². The van der Waals surface area contributed by atoms with Crippen LogP contribution in [0.25, 0.3) is 11.4 Å². The average molecular weight is 793 g/mol. The molecular formula is C46H52N2O10. The highest BCUT2D eigenvalue weighted by Gasteiger charge is 2.48. The van der Waals surface area contributed by atoms with Gasteiger partial charge in [-0.25, -0.2) is 0 Å². The van der Waals surface area contributed by atoms with Crippen LogP contribution in [0.2, 0.25) is 0 Å². The van der Waals surface area contributed by atoms with Gasteiger partial charge in [0, 0.05) is 14.2 Å². The van der Waals surface area contributed by atoms with Gasteiger partial charge in [0.15, 0.2) is 0 Å². The van der Waals surface area contributed by atoms with E-state index in [1.807, 2.05) is 109 Å². The standard InChI is InChI=1S/C46H52N2O10/c1-53-21-23-55-25-27-57-31-39(49)35-17-13-33(14-18-35)29-47-43(37-9-5-3-6-10-37)41-42(45(47)51)44(38-11-7-4-8-12-38)48(46(41)52)30-34-15-19-36(20-16-34)40(50)32-58-28-26-56-24-22-54-2/h3-20,39-40,49-50H,21-32H2,1-2H3. The molecule has 4 aromatic rings. The van der Waals surface area contributed by atoms with E-state index in [9.17, 15) is 19.8 Å². The highest BCUT2D eigenvalue weighted by atomic mass is 16.5. The van der Waals surface area contributed by atoms with Crippen LogP contribution < -0.4 is 0 Å². The molecule has 0 saturated carbocycles. The Kier molecular flexibility index (Phi) is 15.9.